The number of carboxylic acids is 1. The van der Waals surface area contributed by atoms with Crippen molar-refractivity contribution in [1.29, 1.82) is 0 Å². The van der Waals surface area contributed by atoms with E-state index in [0.717, 1.165) is 0 Å². The van der Waals surface area contributed by atoms with E-state index in [-0.39, 0.29) is 10.9 Å². The van der Waals surface area contributed by atoms with Crippen LogP contribution in [0.3, 0.4) is 0 Å². The molecular weight excluding hydrogens is 454 g/mol. The lowest BCUT2D eigenvalue weighted by atomic mass is 10.0. The van der Waals surface area contributed by atoms with Crippen molar-refractivity contribution in [3.63, 3.8) is 0 Å². The number of carbonyl (C=O) groups is 3. The van der Waals surface area contributed by atoms with Gasteiger partial charge in [0.1, 0.15) is 23.2 Å². The van der Waals surface area contributed by atoms with Crippen molar-refractivity contribution in [2.24, 2.45) is 12.8 Å². The van der Waals surface area contributed by atoms with Crippen LogP contribution in [-0.2, 0) is 21.4 Å². The molecule has 32 heavy (non-hydrogen) atoms. The van der Waals surface area contributed by atoms with Crippen LogP contribution in [0, 0.1) is 0 Å². The first-order valence-electron chi connectivity index (χ1n) is 9.70. The zero-order valence-corrected chi connectivity index (χ0v) is 18.8. The number of β-lactam (4-membered cyclic amide) rings is 1. The fraction of sp³-hybridized carbons (Fsp3) is 0.368. The fourth-order valence-electron chi connectivity index (χ4n) is 3.58. The van der Waals surface area contributed by atoms with E-state index in [2.05, 4.69) is 20.8 Å². The lowest BCUT2D eigenvalue weighted by molar-refractivity contribution is -0.151. The maximum atomic E-state index is 12.9. The van der Waals surface area contributed by atoms with Gasteiger partial charge in [-0.15, -0.1) is 16.9 Å². The molecule has 2 amide bonds. The highest BCUT2D eigenvalue weighted by molar-refractivity contribution is 8.01. The van der Waals surface area contributed by atoms with Crippen molar-refractivity contribution in [2.45, 2.75) is 34.8 Å². The first-order chi connectivity index (χ1) is 15.3. The number of nitrogens with zero attached hydrogens (tertiary/aromatic N) is 5. The van der Waals surface area contributed by atoms with Crippen molar-refractivity contribution in [1.82, 2.24) is 30.4 Å². The zero-order chi connectivity index (χ0) is 23.0. The highest BCUT2D eigenvalue weighted by atomic mass is 32.2. The third kappa shape index (κ3) is 3.98. The summed E-state index contributed by atoms with van der Waals surface area (Å²) in [6, 6.07) is 7.08. The molecule has 1 aromatic heterocycles. The fourth-order valence-corrected chi connectivity index (χ4v) is 6.12. The molecule has 13 heteroatoms. The third-order valence-corrected chi connectivity index (χ3v) is 7.82. The summed E-state index contributed by atoms with van der Waals surface area (Å²) in [6.07, 6.45) is 0. The molecule has 1 fully saturated rings. The number of carbonyl (C=O) groups excluding carboxylic acids is 2. The molecule has 0 radical (unpaired) electrons. The van der Waals surface area contributed by atoms with E-state index in [1.807, 2.05) is 13.0 Å². The highest BCUT2D eigenvalue weighted by Gasteiger charge is 2.55. The Bertz CT molecular complexity index is 1090. The molecule has 1 aromatic carbocycles. The van der Waals surface area contributed by atoms with Crippen LogP contribution in [-0.4, -0.2) is 70.4 Å². The number of benzene rings is 1. The number of nitrogens with two attached hydrogens (primary N) is 1. The number of tetrazole rings is 1. The van der Waals surface area contributed by atoms with Gasteiger partial charge in [0.05, 0.1) is 0 Å². The molecule has 0 aliphatic carbocycles. The molecule has 4 atom stereocenters. The molecule has 4 rings (SSSR count). The van der Waals surface area contributed by atoms with Gasteiger partial charge < -0.3 is 16.2 Å². The summed E-state index contributed by atoms with van der Waals surface area (Å²) in [5, 5.41) is 23.6. The minimum absolute atomic E-state index is 0.0493. The van der Waals surface area contributed by atoms with Gasteiger partial charge in [0.25, 0.3) is 5.91 Å². The number of aliphatic carboxylic acids is 1. The summed E-state index contributed by atoms with van der Waals surface area (Å²) in [7, 11) is 1.69. The molecule has 1 saturated heterocycles. The lowest BCUT2D eigenvalue weighted by Crippen LogP contribution is -2.71. The Kier molecular flexibility index (Phi) is 6.22. The largest absolute Gasteiger partial charge is 0.477 e. The Labute approximate surface area is 191 Å². The van der Waals surface area contributed by atoms with Crippen LogP contribution in [0.4, 0.5) is 0 Å². The molecule has 2 aliphatic heterocycles. The highest BCUT2D eigenvalue weighted by Crippen LogP contribution is 2.45. The van der Waals surface area contributed by atoms with Gasteiger partial charge in [-0.25, -0.2) is 9.48 Å². The van der Waals surface area contributed by atoms with Crippen molar-refractivity contribution >= 4 is 41.3 Å². The van der Waals surface area contributed by atoms with Gasteiger partial charge in [0.15, 0.2) is 0 Å². The van der Waals surface area contributed by atoms with Crippen LogP contribution in [0.25, 0.3) is 0 Å². The van der Waals surface area contributed by atoms with Gasteiger partial charge in [-0.2, -0.15) is 0 Å². The van der Waals surface area contributed by atoms with Crippen LogP contribution in [0.1, 0.15) is 18.5 Å². The molecular formula is C19H21N7O4S2. The number of aromatic nitrogens is 4. The Morgan fingerprint density at radius 2 is 2.06 bits per heavy atom. The standard InChI is InChI=1S/C19H21N7O4S2/c1-9-11(8-31-19-22-23-24-25(19)2)14(18(29)30)26-16(28)13(17(26)32-9)21-15(27)12(20)10-6-4-3-5-7-10/h3-7,9,12-13,17H,8,20H2,1-2H3,(H,21,27)(H,29,30)/t9-,12?,13?,17-/m1/s1. The predicted molar refractivity (Wildman–Crippen MR) is 117 cm³/mol. The van der Waals surface area contributed by atoms with Crippen molar-refractivity contribution in [3.8, 4) is 0 Å². The van der Waals surface area contributed by atoms with E-state index in [0.29, 0.717) is 22.0 Å². The van der Waals surface area contributed by atoms with Gasteiger partial charge in [-0.05, 0) is 28.5 Å². The number of thioether (sulfide) groups is 2. The van der Waals surface area contributed by atoms with E-state index < -0.39 is 35.2 Å². The number of carboxylic acid groups (broad SMARTS) is 1. The molecule has 2 aliphatic rings. The summed E-state index contributed by atoms with van der Waals surface area (Å²) in [5.74, 6) is -1.83. The van der Waals surface area contributed by atoms with Crippen LogP contribution in [0.2, 0.25) is 0 Å². The summed E-state index contributed by atoms with van der Waals surface area (Å²) < 4.78 is 1.49. The predicted octanol–water partition coefficient (Wildman–Crippen LogP) is 0.129. The first kappa shape index (κ1) is 22.3. The van der Waals surface area contributed by atoms with Gasteiger partial charge >= 0.3 is 5.97 Å². The number of amides is 2. The molecule has 11 nitrogen and oxygen atoms in total. The molecule has 2 aromatic rings. The average molecular weight is 476 g/mol. The van der Waals surface area contributed by atoms with Crippen LogP contribution >= 0.6 is 23.5 Å². The minimum Gasteiger partial charge on any atom is -0.477 e. The van der Waals surface area contributed by atoms with E-state index >= 15 is 0 Å². The normalized spacial score (nSPS) is 23.4. The quantitative estimate of drug-likeness (QED) is 0.371. The average Bonchev–Trinajstić information content (AvgIpc) is 3.20. The lowest BCUT2D eigenvalue weighted by Gasteiger charge is -2.51. The number of nitrogens with one attached hydrogen (secondary N) is 1. The Hall–Kier alpha value is -2.90. The number of hydrogen-bond acceptors (Lipinski definition) is 9. The first-order valence-corrected chi connectivity index (χ1v) is 11.6. The molecule has 4 N–H and O–H groups in total. The Morgan fingerprint density at radius 3 is 2.69 bits per heavy atom. The summed E-state index contributed by atoms with van der Waals surface area (Å²) in [6.45, 7) is 1.88. The molecule has 0 saturated carbocycles. The number of fused-ring (bicyclic) bond motifs is 1. The molecule has 0 bridgehead atoms. The smallest absolute Gasteiger partial charge is 0.352 e. The zero-order valence-electron chi connectivity index (χ0n) is 17.2. The monoisotopic (exact) mass is 475 g/mol. The third-order valence-electron chi connectivity index (χ3n) is 5.30. The Morgan fingerprint density at radius 1 is 1.34 bits per heavy atom. The van der Waals surface area contributed by atoms with Crippen molar-refractivity contribution in [2.75, 3.05) is 5.75 Å². The maximum absolute atomic E-state index is 12.9. The molecule has 3 heterocycles. The number of hydrogen-bond donors (Lipinski definition) is 3. The topological polar surface area (TPSA) is 156 Å². The number of rotatable bonds is 7. The van der Waals surface area contributed by atoms with Gasteiger partial charge in [0.2, 0.25) is 11.1 Å². The van der Waals surface area contributed by atoms with E-state index in [4.69, 9.17) is 5.73 Å². The molecule has 168 valence electrons. The van der Waals surface area contributed by atoms with Gasteiger partial charge in [-0.3, -0.25) is 14.5 Å². The van der Waals surface area contributed by atoms with Gasteiger partial charge in [-0.1, -0.05) is 42.1 Å². The van der Waals surface area contributed by atoms with E-state index in [1.54, 1.807) is 31.3 Å². The molecule has 2 unspecified atom stereocenters. The molecule has 0 spiro atoms. The van der Waals surface area contributed by atoms with Gasteiger partial charge in [0, 0.05) is 18.1 Å². The maximum Gasteiger partial charge on any atom is 0.352 e. The second-order valence-electron chi connectivity index (χ2n) is 7.30. The van der Waals surface area contributed by atoms with E-state index in [9.17, 15) is 19.5 Å². The minimum atomic E-state index is -1.19. The van der Waals surface area contributed by atoms with Crippen molar-refractivity contribution < 1.29 is 19.5 Å². The summed E-state index contributed by atoms with van der Waals surface area (Å²) in [4.78, 5) is 38.8. The van der Waals surface area contributed by atoms with Crippen LogP contribution in [0.15, 0.2) is 46.8 Å². The number of aryl methyl sites for hydroxylation is 1. The van der Waals surface area contributed by atoms with Crippen molar-refractivity contribution in [3.05, 3.63) is 47.2 Å². The summed E-state index contributed by atoms with van der Waals surface area (Å²) >= 11 is 2.72. The second-order valence-corrected chi connectivity index (χ2v) is 9.71. The van der Waals surface area contributed by atoms with Crippen LogP contribution in [0.5, 0.6) is 0 Å². The summed E-state index contributed by atoms with van der Waals surface area (Å²) in [5.41, 5.74) is 7.21. The van der Waals surface area contributed by atoms with Crippen LogP contribution < -0.4 is 11.1 Å². The Balaban J connectivity index is 1.51. The van der Waals surface area contributed by atoms with E-state index in [1.165, 1.54) is 33.1 Å². The SMILES string of the molecule is C[C@H]1S[C@@H]2C(NC(=O)C(N)c3ccccc3)C(=O)N2C(C(=O)O)=C1CSc1nnnn1C. The second kappa shape index (κ2) is 8.92.